The summed E-state index contributed by atoms with van der Waals surface area (Å²) in [5.41, 5.74) is 1.60. The third kappa shape index (κ3) is 7.17. The summed E-state index contributed by atoms with van der Waals surface area (Å²) in [4.78, 5) is 27.5. The molecule has 0 bridgehead atoms. The van der Waals surface area contributed by atoms with Gasteiger partial charge in [-0.25, -0.2) is 4.39 Å². The van der Waals surface area contributed by atoms with Gasteiger partial charge in [0.05, 0.1) is 6.42 Å². The van der Waals surface area contributed by atoms with Crippen LogP contribution in [0.2, 0.25) is 5.02 Å². The number of rotatable bonds is 10. The molecule has 0 unspecified atom stereocenters. The Balaban J connectivity index is 2.22. The maximum absolute atomic E-state index is 13.3. The standard InChI is InChI=1S/C23H28ClFN2O2/c1-3-5-14-26-23(29)21(4-2)27(16-18-8-12-20(25)13-9-18)22(28)15-17-6-10-19(24)11-7-17/h6-13,21H,3-5,14-16H2,1-2H3,(H,26,29)/t21-/m0/s1. The third-order valence-corrected chi connectivity index (χ3v) is 5.00. The molecular formula is C23H28ClFN2O2. The van der Waals surface area contributed by atoms with Crippen LogP contribution in [-0.4, -0.2) is 29.3 Å². The van der Waals surface area contributed by atoms with E-state index in [9.17, 15) is 14.0 Å². The highest BCUT2D eigenvalue weighted by molar-refractivity contribution is 6.30. The van der Waals surface area contributed by atoms with Gasteiger partial charge >= 0.3 is 0 Å². The maximum atomic E-state index is 13.3. The van der Waals surface area contributed by atoms with Crippen molar-refractivity contribution in [3.05, 3.63) is 70.5 Å². The van der Waals surface area contributed by atoms with E-state index in [1.54, 1.807) is 41.3 Å². The lowest BCUT2D eigenvalue weighted by atomic mass is 10.1. The second-order valence-corrected chi connectivity index (χ2v) is 7.46. The van der Waals surface area contributed by atoms with Crippen molar-refractivity contribution in [3.63, 3.8) is 0 Å². The maximum Gasteiger partial charge on any atom is 0.242 e. The van der Waals surface area contributed by atoms with E-state index in [0.717, 1.165) is 24.0 Å². The highest BCUT2D eigenvalue weighted by Crippen LogP contribution is 2.16. The van der Waals surface area contributed by atoms with Crippen LogP contribution in [0, 0.1) is 5.82 Å². The molecule has 2 aromatic carbocycles. The van der Waals surface area contributed by atoms with Crippen LogP contribution in [-0.2, 0) is 22.6 Å². The molecule has 156 valence electrons. The van der Waals surface area contributed by atoms with Gasteiger partial charge in [-0.3, -0.25) is 9.59 Å². The third-order valence-electron chi connectivity index (χ3n) is 4.75. The Morgan fingerprint density at radius 1 is 1.03 bits per heavy atom. The molecule has 0 heterocycles. The van der Waals surface area contributed by atoms with Crippen molar-refractivity contribution in [2.45, 2.75) is 52.1 Å². The van der Waals surface area contributed by atoms with E-state index in [1.165, 1.54) is 12.1 Å². The fourth-order valence-electron chi connectivity index (χ4n) is 3.09. The number of carbonyl (C=O) groups excluding carboxylic acids is 2. The first-order valence-electron chi connectivity index (χ1n) is 10.0. The summed E-state index contributed by atoms with van der Waals surface area (Å²) < 4.78 is 13.3. The predicted molar refractivity (Wildman–Crippen MR) is 114 cm³/mol. The molecule has 1 atom stereocenters. The van der Waals surface area contributed by atoms with Crippen LogP contribution in [0.15, 0.2) is 48.5 Å². The van der Waals surface area contributed by atoms with Gasteiger partial charge in [0.25, 0.3) is 0 Å². The molecule has 4 nitrogen and oxygen atoms in total. The predicted octanol–water partition coefficient (Wildman–Crippen LogP) is 4.75. The molecule has 0 aliphatic carbocycles. The molecule has 0 spiro atoms. The van der Waals surface area contributed by atoms with Gasteiger partial charge in [0, 0.05) is 18.1 Å². The fourth-order valence-corrected chi connectivity index (χ4v) is 3.22. The summed E-state index contributed by atoms with van der Waals surface area (Å²) in [5, 5.41) is 3.53. The van der Waals surface area contributed by atoms with Crippen molar-refractivity contribution in [1.29, 1.82) is 0 Å². The van der Waals surface area contributed by atoms with Crippen LogP contribution in [0.1, 0.15) is 44.2 Å². The molecule has 2 amide bonds. The van der Waals surface area contributed by atoms with Crippen LogP contribution in [0.3, 0.4) is 0 Å². The summed E-state index contributed by atoms with van der Waals surface area (Å²) >= 11 is 5.93. The lowest BCUT2D eigenvalue weighted by molar-refractivity contribution is -0.140. The monoisotopic (exact) mass is 418 g/mol. The Bertz CT molecular complexity index is 794. The number of hydrogen-bond acceptors (Lipinski definition) is 2. The summed E-state index contributed by atoms with van der Waals surface area (Å²) in [6.45, 7) is 4.77. The number of nitrogens with one attached hydrogen (secondary N) is 1. The number of hydrogen-bond donors (Lipinski definition) is 1. The molecule has 0 aliphatic heterocycles. The van der Waals surface area contributed by atoms with Gasteiger partial charge in [0.2, 0.25) is 11.8 Å². The molecule has 0 fully saturated rings. The molecule has 0 saturated carbocycles. The smallest absolute Gasteiger partial charge is 0.242 e. The Morgan fingerprint density at radius 2 is 1.66 bits per heavy atom. The van der Waals surface area contributed by atoms with Crippen LogP contribution >= 0.6 is 11.6 Å². The highest BCUT2D eigenvalue weighted by Gasteiger charge is 2.28. The Hall–Kier alpha value is -2.40. The minimum absolute atomic E-state index is 0.158. The van der Waals surface area contributed by atoms with Gasteiger partial charge in [0.1, 0.15) is 11.9 Å². The summed E-state index contributed by atoms with van der Waals surface area (Å²) in [5.74, 6) is -0.654. The molecule has 2 rings (SSSR count). The van der Waals surface area contributed by atoms with Gasteiger partial charge in [-0.1, -0.05) is 56.1 Å². The zero-order valence-electron chi connectivity index (χ0n) is 17.0. The van der Waals surface area contributed by atoms with E-state index in [-0.39, 0.29) is 30.6 Å². The number of carbonyl (C=O) groups is 2. The molecule has 2 aromatic rings. The first-order valence-corrected chi connectivity index (χ1v) is 10.4. The van der Waals surface area contributed by atoms with E-state index >= 15 is 0 Å². The molecular weight excluding hydrogens is 391 g/mol. The topological polar surface area (TPSA) is 49.4 Å². The molecule has 0 saturated heterocycles. The van der Waals surface area contributed by atoms with Crippen molar-refractivity contribution >= 4 is 23.4 Å². The summed E-state index contributed by atoms with van der Waals surface area (Å²) in [6, 6.07) is 12.5. The van der Waals surface area contributed by atoms with Crippen LogP contribution in [0.5, 0.6) is 0 Å². The fraction of sp³-hybridized carbons (Fsp3) is 0.391. The average molecular weight is 419 g/mol. The Kier molecular flexibility index (Phi) is 9.13. The zero-order chi connectivity index (χ0) is 21.2. The van der Waals surface area contributed by atoms with E-state index in [1.807, 2.05) is 6.92 Å². The Morgan fingerprint density at radius 3 is 2.24 bits per heavy atom. The minimum Gasteiger partial charge on any atom is -0.354 e. The molecule has 1 N–H and O–H groups in total. The number of benzene rings is 2. The molecule has 0 aromatic heterocycles. The number of nitrogens with zero attached hydrogens (tertiary/aromatic N) is 1. The number of amides is 2. The van der Waals surface area contributed by atoms with Gasteiger partial charge in [0.15, 0.2) is 0 Å². The highest BCUT2D eigenvalue weighted by atomic mass is 35.5. The van der Waals surface area contributed by atoms with Gasteiger partial charge in [-0.2, -0.15) is 0 Å². The first kappa shape index (κ1) is 22.9. The van der Waals surface area contributed by atoms with E-state index < -0.39 is 6.04 Å². The first-order chi connectivity index (χ1) is 13.9. The lowest BCUT2D eigenvalue weighted by Gasteiger charge is -2.31. The normalized spacial score (nSPS) is 11.7. The zero-order valence-corrected chi connectivity index (χ0v) is 17.7. The number of unbranched alkanes of at least 4 members (excludes halogenated alkanes) is 1. The second-order valence-electron chi connectivity index (χ2n) is 7.02. The van der Waals surface area contributed by atoms with Crippen LogP contribution < -0.4 is 5.32 Å². The van der Waals surface area contributed by atoms with Crippen molar-refractivity contribution in [3.8, 4) is 0 Å². The Labute approximate surface area is 177 Å². The molecule has 29 heavy (non-hydrogen) atoms. The van der Waals surface area contributed by atoms with Gasteiger partial charge < -0.3 is 10.2 Å². The molecule has 6 heteroatoms. The SMILES string of the molecule is CCCCNC(=O)[C@H](CC)N(Cc1ccc(F)cc1)C(=O)Cc1ccc(Cl)cc1. The summed E-state index contributed by atoms with van der Waals surface area (Å²) in [6.07, 6.45) is 2.52. The quantitative estimate of drug-likeness (QED) is 0.566. The van der Waals surface area contributed by atoms with Gasteiger partial charge in [-0.15, -0.1) is 0 Å². The summed E-state index contributed by atoms with van der Waals surface area (Å²) in [7, 11) is 0. The van der Waals surface area contributed by atoms with Crippen LogP contribution in [0.4, 0.5) is 4.39 Å². The van der Waals surface area contributed by atoms with E-state index in [0.29, 0.717) is 18.0 Å². The van der Waals surface area contributed by atoms with Crippen LogP contribution in [0.25, 0.3) is 0 Å². The molecule has 0 aliphatic rings. The van der Waals surface area contributed by atoms with Crippen molar-refractivity contribution in [2.75, 3.05) is 6.54 Å². The van der Waals surface area contributed by atoms with Crippen molar-refractivity contribution in [1.82, 2.24) is 10.2 Å². The van der Waals surface area contributed by atoms with E-state index in [4.69, 9.17) is 11.6 Å². The average Bonchev–Trinajstić information content (AvgIpc) is 2.71. The second kappa shape index (κ2) is 11.6. The molecule has 0 radical (unpaired) electrons. The van der Waals surface area contributed by atoms with E-state index in [2.05, 4.69) is 12.2 Å². The van der Waals surface area contributed by atoms with Crippen molar-refractivity contribution < 1.29 is 14.0 Å². The van der Waals surface area contributed by atoms with Crippen molar-refractivity contribution in [2.24, 2.45) is 0 Å². The largest absolute Gasteiger partial charge is 0.354 e. The number of halogens is 2. The van der Waals surface area contributed by atoms with Gasteiger partial charge in [-0.05, 0) is 48.2 Å². The lowest BCUT2D eigenvalue weighted by Crippen LogP contribution is -2.49. The minimum atomic E-state index is -0.586.